The molecule has 1 heterocycles. The topological polar surface area (TPSA) is 22.3 Å². The molecule has 1 N–H and O–H groups in total. The Bertz CT molecular complexity index is 440. The Morgan fingerprint density at radius 1 is 1.06 bits per heavy atom. The van der Waals surface area contributed by atoms with Gasteiger partial charge in [0.2, 0.25) is 0 Å². The molecule has 1 aromatic carbocycles. The summed E-state index contributed by atoms with van der Waals surface area (Å²) in [6.45, 7) is 3.15. The van der Waals surface area contributed by atoms with Gasteiger partial charge in [-0.2, -0.15) is 0 Å². The summed E-state index contributed by atoms with van der Waals surface area (Å²) in [5.74, 6) is 0. The molecule has 3 heteroatoms. The van der Waals surface area contributed by atoms with E-state index in [4.69, 9.17) is 0 Å². The van der Waals surface area contributed by atoms with Crippen LogP contribution in [-0.4, -0.2) is 49.0 Å². The highest BCUT2D eigenvalue weighted by Crippen LogP contribution is 2.15. The van der Waals surface area contributed by atoms with Crippen molar-refractivity contribution in [2.45, 2.75) is 6.54 Å². The molecule has 3 nitrogen and oxygen atoms in total. The lowest BCUT2D eigenvalue weighted by Gasteiger charge is -2.18. The highest BCUT2D eigenvalue weighted by atomic mass is 15.2. The van der Waals surface area contributed by atoms with Crippen LogP contribution in [0.5, 0.6) is 0 Å². The summed E-state index contributed by atoms with van der Waals surface area (Å²) < 4.78 is 0. The summed E-state index contributed by atoms with van der Waals surface area (Å²) >= 11 is 0. The van der Waals surface area contributed by atoms with Crippen molar-refractivity contribution in [2.24, 2.45) is 0 Å². The largest absolute Gasteiger partial charge is 0.357 e. The zero-order chi connectivity index (χ0) is 12.3. The fourth-order valence-corrected chi connectivity index (χ4v) is 1.96. The second kappa shape index (κ2) is 5.34. The number of hydrogen-bond donors (Lipinski definition) is 1. The molecule has 0 saturated heterocycles. The Kier molecular flexibility index (Phi) is 3.82. The number of benzene rings is 1. The second-order valence-electron chi connectivity index (χ2n) is 4.92. The number of nitrogens with zero attached hydrogens (tertiary/aromatic N) is 2. The van der Waals surface area contributed by atoms with Gasteiger partial charge in [0.1, 0.15) is 0 Å². The van der Waals surface area contributed by atoms with E-state index in [9.17, 15) is 0 Å². The fraction of sp³-hybridized carbons (Fsp3) is 0.429. The van der Waals surface area contributed by atoms with Gasteiger partial charge in [-0.1, -0.05) is 18.2 Å². The number of nitrogens with one attached hydrogen (secondary N) is 1. The lowest BCUT2D eigenvalue weighted by molar-refractivity contribution is 0.274. The van der Waals surface area contributed by atoms with Crippen LogP contribution in [0.2, 0.25) is 0 Å². The van der Waals surface area contributed by atoms with Gasteiger partial charge in [0.25, 0.3) is 0 Å². The molecule has 0 atom stereocenters. The van der Waals surface area contributed by atoms with Gasteiger partial charge in [0.15, 0.2) is 0 Å². The molecule has 0 spiro atoms. The standard InChI is InChI=1S/C14H21N3/c1-16(2)8-9-17(3)11-13-10-12-6-4-5-7-14(12)15-13/h4-7,10,15H,8-9,11H2,1-3H3. The van der Waals surface area contributed by atoms with Gasteiger partial charge in [-0.15, -0.1) is 0 Å². The molecular formula is C14H21N3. The van der Waals surface area contributed by atoms with Crippen molar-refractivity contribution >= 4 is 10.9 Å². The molecule has 2 aromatic rings. The van der Waals surface area contributed by atoms with Crippen molar-refractivity contribution in [1.82, 2.24) is 14.8 Å². The molecule has 0 bridgehead atoms. The smallest absolute Gasteiger partial charge is 0.0456 e. The van der Waals surface area contributed by atoms with E-state index in [0.29, 0.717) is 0 Å². The molecule has 0 aliphatic heterocycles. The normalized spacial score (nSPS) is 11.8. The third-order valence-electron chi connectivity index (χ3n) is 2.95. The number of fused-ring (bicyclic) bond motifs is 1. The summed E-state index contributed by atoms with van der Waals surface area (Å²) in [5.41, 5.74) is 2.51. The van der Waals surface area contributed by atoms with Crippen LogP contribution >= 0.6 is 0 Å². The summed E-state index contributed by atoms with van der Waals surface area (Å²) in [6.07, 6.45) is 0. The van der Waals surface area contributed by atoms with Gasteiger partial charge in [0.05, 0.1) is 0 Å². The van der Waals surface area contributed by atoms with Crippen LogP contribution in [0.4, 0.5) is 0 Å². The van der Waals surface area contributed by atoms with Crippen molar-refractivity contribution in [3.8, 4) is 0 Å². The molecule has 2 rings (SSSR count). The Labute approximate surface area is 103 Å². The third kappa shape index (κ3) is 3.32. The van der Waals surface area contributed by atoms with E-state index in [-0.39, 0.29) is 0 Å². The van der Waals surface area contributed by atoms with Crippen LogP contribution < -0.4 is 0 Å². The molecular weight excluding hydrogens is 210 g/mol. The van der Waals surface area contributed by atoms with Crippen LogP contribution in [-0.2, 0) is 6.54 Å². The first kappa shape index (κ1) is 12.1. The van der Waals surface area contributed by atoms with Crippen molar-refractivity contribution < 1.29 is 0 Å². The predicted octanol–water partition coefficient (Wildman–Crippen LogP) is 2.16. The summed E-state index contributed by atoms with van der Waals surface area (Å²) in [5, 5.41) is 1.29. The summed E-state index contributed by atoms with van der Waals surface area (Å²) in [6, 6.07) is 10.7. The first-order valence-electron chi connectivity index (χ1n) is 6.05. The van der Waals surface area contributed by atoms with Gasteiger partial charge in [-0.25, -0.2) is 0 Å². The van der Waals surface area contributed by atoms with Gasteiger partial charge < -0.3 is 9.88 Å². The SMILES string of the molecule is CN(C)CCN(C)Cc1cc2ccccc2[nH]1. The maximum Gasteiger partial charge on any atom is 0.0456 e. The summed E-state index contributed by atoms with van der Waals surface area (Å²) in [7, 11) is 6.38. The van der Waals surface area contributed by atoms with Gasteiger partial charge in [0, 0.05) is 30.8 Å². The molecule has 17 heavy (non-hydrogen) atoms. The van der Waals surface area contributed by atoms with E-state index in [1.807, 2.05) is 0 Å². The molecule has 0 aliphatic rings. The minimum Gasteiger partial charge on any atom is -0.357 e. The molecule has 0 aliphatic carbocycles. The number of rotatable bonds is 5. The van der Waals surface area contributed by atoms with Crippen LogP contribution in [0.25, 0.3) is 10.9 Å². The van der Waals surface area contributed by atoms with Crippen molar-refractivity contribution in [1.29, 1.82) is 0 Å². The van der Waals surface area contributed by atoms with Crippen LogP contribution in [0, 0.1) is 0 Å². The maximum atomic E-state index is 3.46. The fourth-order valence-electron chi connectivity index (χ4n) is 1.96. The first-order chi connectivity index (χ1) is 8.15. The van der Waals surface area contributed by atoms with Crippen LogP contribution in [0.1, 0.15) is 5.69 Å². The number of likely N-dealkylation sites (N-methyl/N-ethyl adjacent to an activating group) is 2. The molecule has 0 saturated carbocycles. The minimum absolute atomic E-state index is 0.975. The number of hydrogen-bond acceptors (Lipinski definition) is 2. The van der Waals surface area contributed by atoms with E-state index in [1.54, 1.807) is 0 Å². The Balaban J connectivity index is 1.98. The minimum atomic E-state index is 0.975. The van der Waals surface area contributed by atoms with E-state index in [2.05, 4.69) is 66.3 Å². The average molecular weight is 231 g/mol. The number of H-pyrrole nitrogens is 1. The number of para-hydroxylation sites is 1. The third-order valence-corrected chi connectivity index (χ3v) is 2.95. The van der Waals surface area contributed by atoms with Crippen molar-refractivity contribution in [2.75, 3.05) is 34.2 Å². The van der Waals surface area contributed by atoms with E-state index in [0.717, 1.165) is 19.6 Å². The Morgan fingerprint density at radius 2 is 1.82 bits per heavy atom. The van der Waals surface area contributed by atoms with Crippen molar-refractivity contribution in [3.05, 3.63) is 36.0 Å². The zero-order valence-corrected chi connectivity index (χ0v) is 10.9. The molecule has 0 unspecified atom stereocenters. The monoisotopic (exact) mass is 231 g/mol. The van der Waals surface area contributed by atoms with Crippen LogP contribution in [0.3, 0.4) is 0 Å². The van der Waals surface area contributed by atoms with E-state index < -0.39 is 0 Å². The van der Waals surface area contributed by atoms with E-state index >= 15 is 0 Å². The quantitative estimate of drug-likeness (QED) is 0.852. The molecule has 0 amide bonds. The van der Waals surface area contributed by atoms with E-state index in [1.165, 1.54) is 16.6 Å². The van der Waals surface area contributed by atoms with Crippen LogP contribution in [0.15, 0.2) is 30.3 Å². The maximum absolute atomic E-state index is 3.46. The molecule has 0 fully saturated rings. The lowest BCUT2D eigenvalue weighted by Crippen LogP contribution is -2.28. The summed E-state index contributed by atoms with van der Waals surface area (Å²) in [4.78, 5) is 8.01. The number of aromatic nitrogens is 1. The molecule has 1 aromatic heterocycles. The van der Waals surface area contributed by atoms with Crippen molar-refractivity contribution in [3.63, 3.8) is 0 Å². The van der Waals surface area contributed by atoms with Gasteiger partial charge in [-0.3, -0.25) is 4.90 Å². The predicted molar refractivity (Wildman–Crippen MR) is 73.2 cm³/mol. The van der Waals surface area contributed by atoms with Gasteiger partial charge in [-0.05, 0) is 38.7 Å². The Morgan fingerprint density at radius 3 is 2.53 bits per heavy atom. The average Bonchev–Trinajstić information content (AvgIpc) is 2.68. The van der Waals surface area contributed by atoms with Gasteiger partial charge >= 0.3 is 0 Å². The Hall–Kier alpha value is -1.32. The number of aromatic amines is 1. The second-order valence-corrected chi connectivity index (χ2v) is 4.92. The lowest BCUT2D eigenvalue weighted by atomic mass is 10.2. The molecule has 92 valence electrons. The first-order valence-corrected chi connectivity index (χ1v) is 6.05. The zero-order valence-electron chi connectivity index (χ0n) is 10.9. The highest BCUT2D eigenvalue weighted by molar-refractivity contribution is 5.80. The highest BCUT2D eigenvalue weighted by Gasteiger charge is 2.04. The molecule has 0 radical (unpaired) electrons.